The van der Waals surface area contributed by atoms with Crippen molar-refractivity contribution in [2.75, 3.05) is 5.32 Å². The van der Waals surface area contributed by atoms with Crippen LogP contribution in [0.15, 0.2) is 48.5 Å². The van der Waals surface area contributed by atoms with Gasteiger partial charge >= 0.3 is 0 Å². The summed E-state index contributed by atoms with van der Waals surface area (Å²) in [7, 11) is 0. The maximum atomic E-state index is 3.65. The van der Waals surface area contributed by atoms with Gasteiger partial charge in [0.1, 0.15) is 0 Å². The highest BCUT2D eigenvalue weighted by molar-refractivity contribution is 5.55. The molecule has 0 aromatic heterocycles. The Kier molecular flexibility index (Phi) is 4.17. The molecular weight excluding hydrogens is 242 g/mol. The molecule has 0 amide bonds. The van der Waals surface area contributed by atoms with Crippen LogP contribution in [0.5, 0.6) is 0 Å². The molecule has 1 unspecified atom stereocenters. The van der Waals surface area contributed by atoms with Crippen molar-refractivity contribution < 1.29 is 0 Å². The molecule has 20 heavy (non-hydrogen) atoms. The highest BCUT2D eigenvalue weighted by Crippen LogP contribution is 2.31. The number of hydrogen-bond donors (Lipinski definition) is 1. The van der Waals surface area contributed by atoms with Crippen LogP contribution in [0.2, 0.25) is 0 Å². The first-order valence-corrected chi connectivity index (χ1v) is 7.30. The van der Waals surface area contributed by atoms with Crippen molar-refractivity contribution in [3.05, 3.63) is 65.2 Å². The molecular formula is C19H25N. The third-order valence-corrected chi connectivity index (χ3v) is 3.68. The summed E-state index contributed by atoms with van der Waals surface area (Å²) in [6.07, 6.45) is 0. The maximum Gasteiger partial charge on any atom is 0.0485 e. The number of nitrogens with one attached hydrogen (secondary N) is 1. The van der Waals surface area contributed by atoms with E-state index in [4.69, 9.17) is 0 Å². The molecule has 106 valence electrons. The molecule has 0 bridgehead atoms. The predicted molar refractivity (Wildman–Crippen MR) is 88.4 cm³/mol. The molecule has 0 aliphatic carbocycles. The number of para-hydroxylation sites is 1. The number of anilines is 1. The van der Waals surface area contributed by atoms with E-state index in [-0.39, 0.29) is 5.41 Å². The van der Waals surface area contributed by atoms with E-state index in [0.717, 1.165) is 0 Å². The Morgan fingerprint density at radius 2 is 1.50 bits per heavy atom. The Morgan fingerprint density at radius 1 is 0.900 bits per heavy atom. The zero-order valence-corrected chi connectivity index (χ0v) is 13.2. The zero-order valence-electron chi connectivity index (χ0n) is 13.2. The minimum absolute atomic E-state index is 0.149. The first-order chi connectivity index (χ1) is 9.38. The van der Waals surface area contributed by atoms with Crippen molar-refractivity contribution in [2.24, 2.45) is 0 Å². The second-order valence-electron chi connectivity index (χ2n) is 6.57. The highest BCUT2D eigenvalue weighted by atomic mass is 14.9. The minimum atomic E-state index is 0.149. The van der Waals surface area contributed by atoms with E-state index in [9.17, 15) is 0 Å². The summed E-state index contributed by atoms with van der Waals surface area (Å²) in [5.74, 6) is 0. The Balaban J connectivity index is 2.24. The zero-order chi connectivity index (χ0) is 14.8. The van der Waals surface area contributed by atoms with Gasteiger partial charge in [-0.15, -0.1) is 0 Å². The molecule has 2 aromatic rings. The van der Waals surface area contributed by atoms with Crippen LogP contribution in [0, 0.1) is 6.92 Å². The summed E-state index contributed by atoms with van der Waals surface area (Å²) in [6, 6.07) is 17.6. The smallest absolute Gasteiger partial charge is 0.0485 e. The lowest BCUT2D eigenvalue weighted by Crippen LogP contribution is -2.16. The Hall–Kier alpha value is -1.76. The van der Waals surface area contributed by atoms with E-state index in [0.29, 0.717) is 6.04 Å². The van der Waals surface area contributed by atoms with Crippen LogP contribution in [0.25, 0.3) is 0 Å². The van der Waals surface area contributed by atoms with Gasteiger partial charge in [0.05, 0.1) is 0 Å². The van der Waals surface area contributed by atoms with E-state index in [1.54, 1.807) is 0 Å². The van der Waals surface area contributed by atoms with Gasteiger partial charge in [-0.3, -0.25) is 0 Å². The van der Waals surface area contributed by atoms with Gasteiger partial charge in [-0.2, -0.15) is 0 Å². The Bertz CT molecular complexity index is 561. The van der Waals surface area contributed by atoms with Crippen LogP contribution in [0.1, 0.15) is 50.4 Å². The van der Waals surface area contributed by atoms with Crippen molar-refractivity contribution >= 4 is 5.69 Å². The van der Waals surface area contributed by atoms with Crippen LogP contribution < -0.4 is 5.32 Å². The normalized spacial score (nSPS) is 13.1. The number of benzene rings is 2. The van der Waals surface area contributed by atoms with Gasteiger partial charge in [0.15, 0.2) is 0 Å². The maximum absolute atomic E-state index is 3.65. The molecule has 0 fully saturated rings. The summed E-state index contributed by atoms with van der Waals surface area (Å²) >= 11 is 0. The summed E-state index contributed by atoms with van der Waals surface area (Å²) < 4.78 is 0. The SMILES string of the molecule is Cc1ccc(C(C)Nc2ccccc2C(C)(C)C)cc1. The largest absolute Gasteiger partial charge is 0.378 e. The molecule has 0 aliphatic heterocycles. The van der Waals surface area contributed by atoms with Gasteiger partial charge < -0.3 is 5.32 Å². The van der Waals surface area contributed by atoms with Crippen molar-refractivity contribution in [3.63, 3.8) is 0 Å². The first kappa shape index (κ1) is 14.6. The summed E-state index contributed by atoms with van der Waals surface area (Å²) in [6.45, 7) is 11.1. The fourth-order valence-corrected chi connectivity index (χ4v) is 2.43. The number of aryl methyl sites for hydroxylation is 1. The monoisotopic (exact) mass is 267 g/mol. The number of rotatable bonds is 3. The molecule has 1 heteroatoms. The van der Waals surface area contributed by atoms with E-state index in [2.05, 4.69) is 88.5 Å². The molecule has 0 aliphatic rings. The molecule has 0 radical (unpaired) electrons. The van der Waals surface area contributed by atoms with Crippen molar-refractivity contribution in [3.8, 4) is 0 Å². The van der Waals surface area contributed by atoms with Crippen LogP contribution >= 0.6 is 0 Å². The predicted octanol–water partition coefficient (Wildman–Crippen LogP) is 5.47. The molecule has 0 spiro atoms. The minimum Gasteiger partial charge on any atom is -0.378 e. The van der Waals surface area contributed by atoms with E-state index >= 15 is 0 Å². The van der Waals surface area contributed by atoms with Crippen molar-refractivity contribution in [2.45, 2.75) is 46.1 Å². The molecule has 0 saturated carbocycles. The van der Waals surface area contributed by atoms with E-state index in [1.807, 2.05) is 0 Å². The Morgan fingerprint density at radius 3 is 2.10 bits per heavy atom. The summed E-state index contributed by atoms with van der Waals surface area (Å²) in [5.41, 5.74) is 5.36. The van der Waals surface area contributed by atoms with Gasteiger partial charge in [-0.05, 0) is 36.5 Å². The van der Waals surface area contributed by atoms with Gasteiger partial charge in [-0.25, -0.2) is 0 Å². The van der Waals surface area contributed by atoms with Crippen LogP contribution in [-0.4, -0.2) is 0 Å². The van der Waals surface area contributed by atoms with Gasteiger partial charge in [0.2, 0.25) is 0 Å². The molecule has 1 atom stereocenters. The van der Waals surface area contributed by atoms with Crippen molar-refractivity contribution in [1.29, 1.82) is 0 Å². The molecule has 2 aromatic carbocycles. The third-order valence-electron chi connectivity index (χ3n) is 3.68. The van der Waals surface area contributed by atoms with E-state index < -0.39 is 0 Å². The molecule has 1 N–H and O–H groups in total. The molecule has 0 saturated heterocycles. The van der Waals surface area contributed by atoms with Crippen molar-refractivity contribution in [1.82, 2.24) is 0 Å². The topological polar surface area (TPSA) is 12.0 Å². The lowest BCUT2D eigenvalue weighted by Gasteiger charge is -2.25. The fourth-order valence-electron chi connectivity index (χ4n) is 2.43. The highest BCUT2D eigenvalue weighted by Gasteiger charge is 2.18. The third kappa shape index (κ3) is 3.41. The fraction of sp³-hybridized carbons (Fsp3) is 0.368. The number of hydrogen-bond acceptors (Lipinski definition) is 1. The summed E-state index contributed by atoms with van der Waals surface area (Å²) in [4.78, 5) is 0. The Labute approximate surface area is 123 Å². The molecule has 1 nitrogen and oxygen atoms in total. The summed E-state index contributed by atoms with van der Waals surface area (Å²) in [5, 5.41) is 3.65. The van der Waals surface area contributed by atoms with Gasteiger partial charge in [0.25, 0.3) is 0 Å². The average Bonchev–Trinajstić information content (AvgIpc) is 2.38. The molecule has 2 rings (SSSR count). The average molecular weight is 267 g/mol. The second kappa shape index (κ2) is 5.70. The lowest BCUT2D eigenvalue weighted by atomic mass is 9.85. The van der Waals surface area contributed by atoms with E-state index in [1.165, 1.54) is 22.4 Å². The van der Waals surface area contributed by atoms with Gasteiger partial charge in [0, 0.05) is 11.7 Å². The van der Waals surface area contributed by atoms with Crippen LogP contribution in [0.4, 0.5) is 5.69 Å². The molecule has 0 heterocycles. The van der Waals surface area contributed by atoms with Crippen LogP contribution in [-0.2, 0) is 5.41 Å². The standard InChI is InChI=1S/C19H25N/c1-14-10-12-16(13-11-14)15(2)20-18-9-7-6-8-17(18)19(3,4)5/h6-13,15,20H,1-5H3. The quantitative estimate of drug-likeness (QED) is 0.778. The van der Waals surface area contributed by atoms with Gasteiger partial charge in [-0.1, -0.05) is 68.8 Å². The van der Waals surface area contributed by atoms with Crippen LogP contribution in [0.3, 0.4) is 0 Å². The first-order valence-electron chi connectivity index (χ1n) is 7.30. The lowest BCUT2D eigenvalue weighted by molar-refractivity contribution is 0.590. The second-order valence-corrected chi connectivity index (χ2v) is 6.57.